The number of nitriles is 1. The molecule has 19 heavy (non-hydrogen) atoms. The molecule has 0 aliphatic rings. The molecule has 0 saturated heterocycles. The predicted octanol–water partition coefficient (Wildman–Crippen LogP) is 2.64. The van der Waals surface area contributed by atoms with Gasteiger partial charge in [-0.25, -0.2) is 9.67 Å². The smallest absolute Gasteiger partial charge is 0.160 e. The van der Waals surface area contributed by atoms with Gasteiger partial charge in [0.15, 0.2) is 11.6 Å². The topological polar surface area (TPSA) is 80.5 Å². The average molecular weight is 314 g/mol. The van der Waals surface area contributed by atoms with Crippen molar-refractivity contribution >= 4 is 32.7 Å². The molecule has 2 heterocycles. The molecule has 0 aliphatic carbocycles. The molecule has 2 aromatic heterocycles. The van der Waals surface area contributed by atoms with Crippen molar-refractivity contribution in [2.24, 2.45) is 0 Å². The fraction of sp³-hybridized carbons (Fsp3) is 0. The van der Waals surface area contributed by atoms with Gasteiger partial charge in [-0.3, -0.25) is 0 Å². The van der Waals surface area contributed by atoms with E-state index in [9.17, 15) is 5.26 Å². The first-order valence-corrected chi connectivity index (χ1v) is 6.29. The third-order valence-corrected chi connectivity index (χ3v) is 3.36. The van der Waals surface area contributed by atoms with E-state index in [2.05, 4.69) is 32.1 Å². The first-order chi connectivity index (χ1) is 9.19. The van der Waals surface area contributed by atoms with Crippen LogP contribution in [0.1, 0.15) is 5.56 Å². The molecule has 0 aliphatic heterocycles. The first kappa shape index (κ1) is 11.7. The molecule has 2 N–H and O–H groups in total. The van der Waals surface area contributed by atoms with Crippen LogP contribution in [0.2, 0.25) is 0 Å². The van der Waals surface area contributed by atoms with E-state index in [1.165, 1.54) is 0 Å². The quantitative estimate of drug-likeness (QED) is 0.749. The highest BCUT2D eigenvalue weighted by molar-refractivity contribution is 9.10. The Morgan fingerprint density at radius 2 is 2.11 bits per heavy atom. The molecule has 6 heteroatoms. The van der Waals surface area contributed by atoms with Gasteiger partial charge in [0.2, 0.25) is 0 Å². The highest BCUT2D eigenvalue weighted by Gasteiger charge is 2.09. The van der Waals surface area contributed by atoms with Crippen molar-refractivity contribution in [2.45, 2.75) is 0 Å². The lowest BCUT2D eigenvalue weighted by Gasteiger charge is -2.04. The van der Waals surface area contributed by atoms with Crippen LogP contribution in [0.4, 0.5) is 5.82 Å². The summed E-state index contributed by atoms with van der Waals surface area (Å²) in [5, 5.41) is 14.2. The minimum atomic E-state index is 0.383. The van der Waals surface area contributed by atoms with E-state index in [-0.39, 0.29) is 0 Å². The predicted molar refractivity (Wildman–Crippen MR) is 75.7 cm³/mol. The third kappa shape index (κ3) is 1.94. The number of benzene rings is 1. The standard InChI is InChI=1S/C13H8BrN5/c14-10-7-19(18-13(10)16)12-5-8(6-15)9-3-1-2-4-11(9)17-12/h1-5,7H,(H2,16,18). The number of anilines is 1. The van der Waals surface area contributed by atoms with E-state index in [1.54, 1.807) is 16.9 Å². The maximum atomic E-state index is 9.23. The van der Waals surface area contributed by atoms with Crippen LogP contribution in [0.3, 0.4) is 0 Å². The van der Waals surface area contributed by atoms with Crippen molar-refractivity contribution in [3.63, 3.8) is 0 Å². The maximum absolute atomic E-state index is 9.23. The van der Waals surface area contributed by atoms with Crippen molar-refractivity contribution in [2.75, 3.05) is 5.73 Å². The summed E-state index contributed by atoms with van der Waals surface area (Å²) >= 11 is 3.30. The molecule has 0 fully saturated rings. The van der Waals surface area contributed by atoms with E-state index in [4.69, 9.17) is 5.73 Å². The van der Waals surface area contributed by atoms with Gasteiger partial charge in [-0.2, -0.15) is 5.26 Å². The fourth-order valence-electron chi connectivity index (χ4n) is 1.85. The number of hydrogen-bond acceptors (Lipinski definition) is 4. The van der Waals surface area contributed by atoms with Crippen LogP contribution < -0.4 is 5.73 Å². The number of nitrogens with two attached hydrogens (primary N) is 1. The zero-order valence-electron chi connectivity index (χ0n) is 9.71. The van der Waals surface area contributed by atoms with Gasteiger partial charge in [0.25, 0.3) is 0 Å². The van der Waals surface area contributed by atoms with E-state index in [1.807, 2.05) is 24.3 Å². The van der Waals surface area contributed by atoms with Crippen molar-refractivity contribution < 1.29 is 0 Å². The fourth-order valence-corrected chi connectivity index (χ4v) is 2.13. The van der Waals surface area contributed by atoms with E-state index in [0.717, 1.165) is 10.9 Å². The second-order valence-corrected chi connectivity index (χ2v) is 4.82. The number of halogens is 1. The molecule has 0 atom stereocenters. The number of para-hydroxylation sites is 1. The van der Waals surface area contributed by atoms with Crippen LogP contribution in [-0.4, -0.2) is 14.8 Å². The largest absolute Gasteiger partial charge is 0.381 e. The Kier molecular flexibility index (Phi) is 2.69. The molecule has 0 amide bonds. The van der Waals surface area contributed by atoms with Gasteiger partial charge in [0.1, 0.15) is 0 Å². The third-order valence-electron chi connectivity index (χ3n) is 2.75. The van der Waals surface area contributed by atoms with Crippen LogP contribution in [0, 0.1) is 11.3 Å². The summed E-state index contributed by atoms with van der Waals surface area (Å²) in [5.74, 6) is 0.945. The highest BCUT2D eigenvalue weighted by Crippen LogP contribution is 2.22. The number of nitrogen functional groups attached to an aromatic ring is 1. The van der Waals surface area contributed by atoms with Gasteiger partial charge < -0.3 is 5.73 Å². The summed E-state index contributed by atoms with van der Waals surface area (Å²) < 4.78 is 2.24. The Labute approximate surface area is 117 Å². The van der Waals surface area contributed by atoms with Crippen molar-refractivity contribution in [3.05, 3.63) is 46.6 Å². The second kappa shape index (κ2) is 4.37. The normalized spacial score (nSPS) is 10.5. The Bertz CT molecular complexity index is 796. The van der Waals surface area contributed by atoms with Gasteiger partial charge >= 0.3 is 0 Å². The average Bonchev–Trinajstić information content (AvgIpc) is 2.77. The second-order valence-electron chi connectivity index (χ2n) is 3.96. The molecule has 3 rings (SSSR count). The number of rotatable bonds is 1. The minimum absolute atomic E-state index is 0.383. The van der Waals surface area contributed by atoms with Gasteiger partial charge in [0.05, 0.1) is 21.6 Å². The number of aromatic nitrogens is 3. The maximum Gasteiger partial charge on any atom is 0.160 e. The number of fused-ring (bicyclic) bond motifs is 1. The molecular weight excluding hydrogens is 306 g/mol. The molecule has 0 spiro atoms. The van der Waals surface area contributed by atoms with Crippen LogP contribution >= 0.6 is 15.9 Å². The molecule has 3 aromatic rings. The van der Waals surface area contributed by atoms with Gasteiger partial charge in [0, 0.05) is 17.6 Å². The minimum Gasteiger partial charge on any atom is -0.381 e. The van der Waals surface area contributed by atoms with Gasteiger partial charge in [-0.1, -0.05) is 18.2 Å². The summed E-state index contributed by atoms with van der Waals surface area (Å²) in [7, 11) is 0. The Morgan fingerprint density at radius 3 is 2.79 bits per heavy atom. The molecule has 0 saturated carbocycles. The van der Waals surface area contributed by atoms with Gasteiger partial charge in [-0.15, -0.1) is 5.10 Å². The number of nitrogens with zero attached hydrogens (tertiary/aromatic N) is 4. The van der Waals surface area contributed by atoms with E-state index >= 15 is 0 Å². The van der Waals surface area contributed by atoms with Gasteiger partial charge in [-0.05, 0) is 22.0 Å². The van der Waals surface area contributed by atoms with Crippen molar-refractivity contribution in [1.82, 2.24) is 14.8 Å². The Hall–Kier alpha value is -2.39. The molecule has 5 nitrogen and oxygen atoms in total. The zero-order chi connectivity index (χ0) is 13.4. The lowest BCUT2D eigenvalue weighted by molar-refractivity contribution is 0.856. The molecular formula is C13H8BrN5. The summed E-state index contributed by atoms with van der Waals surface area (Å²) in [6, 6.07) is 11.4. The van der Waals surface area contributed by atoms with E-state index in [0.29, 0.717) is 21.7 Å². The molecule has 1 aromatic carbocycles. The monoisotopic (exact) mass is 313 g/mol. The lowest BCUT2D eigenvalue weighted by Crippen LogP contribution is -2.00. The summed E-state index contributed by atoms with van der Waals surface area (Å²) in [6.45, 7) is 0. The molecule has 92 valence electrons. The highest BCUT2D eigenvalue weighted by atomic mass is 79.9. The van der Waals surface area contributed by atoms with Crippen LogP contribution in [0.25, 0.3) is 16.7 Å². The van der Waals surface area contributed by atoms with Crippen LogP contribution in [0.5, 0.6) is 0 Å². The Morgan fingerprint density at radius 1 is 1.32 bits per heavy atom. The Balaban J connectivity index is 2.28. The molecule has 0 radical (unpaired) electrons. The van der Waals surface area contributed by atoms with Crippen LogP contribution in [-0.2, 0) is 0 Å². The summed E-state index contributed by atoms with van der Waals surface area (Å²) in [4.78, 5) is 4.48. The summed E-state index contributed by atoms with van der Waals surface area (Å²) in [5.41, 5.74) is 7.00. The lowest BCUT2D eigenvalue weighted by atomic mass is 10.1. The summed E-state index contributed by atoms with van der Waals surface area (Å²) in [6.07, 6.45) is 1.72. The van der Waals surface area contributed by atoms with Crippen molar-refractivity contribution in [3.8, 4) is 11.9 Å². The first-order valence-electron chi connectivity index (χ1n) is 5.50. The molecule has 0 unspecified atom stereocenters. The SMILES string of the molecule is N#Cc1cc(-n2cc(Br)c(N)n2)nc2ccccc12. The number of hydrogen-bond donors (Lipinski definition) is 1. The zero-order valence-corrected chi connectivity index (χ0v) is 11.3. The van der Waals surface area contributed by atoms with Crippen LogP contribution in [0.15, 0.2) is 41.0 Å². The van der Waals surface area contributed by atoms with E-state index < -0.39 is 0 Å². The number of pyridine rings is 1. The van der Waals surface area contributed by atoms with Crippen molar-refractivity contribution in [1.29, 1.82) is 5.26 Å². The molecule has 0 bridgehead atoms.